The minimum Gasteiger partial charge on any atom is -0.392 e. The molecule has 1 unspecified atom stereocenters. The third kappa shape index (κ3) is 2.86. The number of amides is 1. The molecular formula is C14H19NO2. The van der Waals surface area contributed by atoms with Gasteiger partial charge in [-0.15, -0.1) is 0 Å². The van der Waals surface area contributed by atoms with E-state index in [1.807, 2.05) is 18.2 Å². The molecule has 0 heterocycles. The Hall–Kier alpha value is -1.35. The van der Waals surface area contributed by atoms with Gasteiger partial charge in [-0.2, -0.15) is 0 Å². The molecule has 2 N–H and O–H groups in total. The maximum atomic E-state index is 12.0. The first kappa shape index (κ1) is 12.1. The third-order valence-electron chi connectivity index (χ3n) is 3.26. The summed E-state index contributed by atoms with van der Waals surface area (Å²) in [6.45, 7) is 2.01. The van der Waals surface area contributed by atoms with Crippen LogP contribution in [0.25, 0.3) is 0 Å². The fraction of sp³-hybridized carbons (Fsp3) is 0.500. The number of rotatable bonds is 3. The summed E-state index contributed by atoms with van der Waals surface area (Å²) in [7, 11) is 0. The van der Waals surface area contributed by atoms with Gasteiger partial charge in [0.25, 0.3) is 0 Å². The maximum Gasteiger partial charge on any atom is 0.227 e. The van der Waals surface area contributed by atoms with Gasteiger partial charge < -0.3 is 10.4 Å². The molecule has 0 fully saturated rings. The van der Waals surface area contributed by atoms with Crippen LogP contribution in [0, 0.1) is 0 Å². The van der Waals surface area contributed by atoms with Crippen molar-refractivity contribution >= 4 is 5.91 Å². The van der Waals surface area contributed by atoms with Crippen molar-refractivity contribution in [2.75, 3.05) is 6.54 Å². The molecule has 0 bridgehead atoms. The van der Waals surface area contributed by atoms with E-state index in [-0.39, 0.29) is 11.8 Å². The highest BCUT2D eigenvalue weighted by Crippen LogP contribution is 2.31. The highest BCUT2D eigenvalue weighted by atomic mass is 16.3. The highest BCUT2D eigenvalue weighted by Gasteiger charge is 2.25. The molecular weight excluding hydrogens is 214 g/mol. The van der Waals surface area contributed by atoms with E-state index in [1.165, 1.54) is 5.56 Å². The van der Waals surface area contributed by atoms with Crippen molar-refractivity contribution in [3.63, 3.8) is 0 Å². The molecule has 0 radical (unpaired) electrons. The zero-order valence-electron chi connectivity index (χ0n) is 10.1. The van der Waals surface area contributed by atoms with E-state index in [0.29, 0.717) is 6.54 Å². The fourth-order valence-electron chi connectivity index (χ4n) is 2.40. The lowest BCUT2D eigenvalue weighted by molar-refractivity contribution is -0.123. The van der Waals surface area contributed by atoms with Gasteiger partial charge in [-0.05, 0) is 37.3 Å². The van der Waals surface area contributed by atoms with Crippen LogP contribution >= 0.6 is 0 Å². The summed E-state index contributed by atoms with van der Waals surface area (Å²) < 4.78 is 0. The fourth-order valence-corrected chi connectivity index (χ4v) is 2.40. The number of carbonyl (C=O) groups excluding carboxylic acids is 1. The van der Waals surface area contributed by atoms with Crippen molar-refractivity contribution in [2.45, 2.75) is 38.2 Å². The van der Waals surface area contributed by atoms with Crippen molar-refractivity contribution in [1.29, 1.82) is 0 Å². The van der Waals surface area contributed by atoms with E-state index in [1.54, 1.807) is 6.92 Å². The van der Waals surface area contributed by atoms with E-state index in [4.69, 9.17) is 0 Å². The summed E-state index contributed by atoms with van der Waals surface area (Å²) in [5.74, 6) is -0.00301. The third-order valence-corrected chi connectivity index (χ3v) is 3.26. The van der Waals surface area contributed by atoms with Crippen LogP contribution in [0.3, 0.4) is 0 Å². The topological polar surface area (TPSA) is 49.3 Å². The number of hydrogen-bond acceptors (Lipinski definition) is 2. The predicted octanol–water partition coefficient (Wildman–Crippen LogP) is 1.60. The molecule has 2 rings (SSSR count). The Balaban J connectivity index is 2.10. The Morgan fingerprint density at radius 1 is 1.53 bits per heavy atom. The van der Waals surface area contributed by atoms with Gasteiger partial charge in [0.05, 0.1) is 12.0 Å². The second-order valence-corrected chi connectivity index (χ2v) is 4.74. The van der Waals surface area contributed by atoms with E-state index in [9.17, 15) is 9.90 Å². The van der Waals surface area contributed by atoms with Crippen molar-refractivity contribution in [3.8, 4) is 0 Å². The van der Waals surface area contributed by atoms with Gasteiger partial charge in [0.1, 0.15) is 0 Å². The van der Waals surface area contributed by atoms with Crippen LogP contribution in [-0.4, -0.2) is 23.7 Å². The molecule has 1 aliphatic rings. The molecule has 1 amide bonds. The molecule has 3 nitrogen and oxygen atoms in total. The van der Waals surface area contributed by atoms with Crippen molar-refractivity contribution < 1.29 is 9.90 Å². The van der Waals surface area contributed by atoms with Crippen LogP contribution in [0.15, 0.2) is 24.3 Å². The minimum absolute atomic E-state index is 0.0399. The van der Waals surface area contributed by atoms with Crippen molar-refractivity contribution in [3.05, 3.63) is 35.4 Å². The van der Waals surface area contributed by atoms with Gasteiger partial charge in [-0.3, -0.25) is 4.79 Å². The Morgan fingerprint density at radius 3 is 3.06 bits per heavy atom. The Bertz CT molecular complexity index is 401. The molecule has 3 heteroatoms. The van der Waals surface area contributed by atoms with Crippen LogP contribution in [-0.2, 0) is 11.2 Å². The number of carbonyl (C=O) groups is 1. The van der Waals surface area contributed by atoms with Crippen LogP contribution in [0.4, 0.5) is 0 Å². The molecule has 2 atom stereocenters. The van der Waals surface area contributed by atoms with E-state index in [0.717, 1.165) is 24.8 Å². The quantitative estimate of drug-likeness (QED) is 0.833. The first-order valence-electron chi connectivity index (χ1n) is 6.22. The first-order valence-corrected chi connectivity index (χ1v) is 6.22. The smallest absolute Gasteiger partial charge is 0.227 e. The number of aliphatic hydroxyl groups is 1. The van der Waals surface area contributed by atoms with Crippen LogP contribution < -0.4 is 5.32 Å². The van der Waals surface area contributed by atoms with Gasteiger partial charge in [0.2, 0.25) is 5.91 Å². The van der Waals surface area contributed by atoms with Crippen molar-refractivity contribution in [2.24, 2.45) is 0 Å². The van der Waals surface area contributed by atoms with Gasteiger partial charge in [0.15, 0.2) is 0 Å². The van der Waals surface area contributed by atoms with Crippen LogP contribution in [0.1, 0.15) is 36.8 Å². The summed E-state index contributed by atoms with van der Waals surface area (Å²) in [6.07, 6.45) is 2.54. The lowest BCUT2D eigenvalue weighted by Crippen LogP contribution is -2.35. The molecule has 0 saturated heterocycles. The average molecular weight is 233 g/mol. The molecule has 1 aromatic carbocycles. The van der Waals surface area contributed by atoms with E-state index < -0.39 is 6.10 Å². The molecule has 17 heavy (non-hydrogen) atoms. The molecule has 0 aromatic heterocycles. The molecule has 0 spiro atoms. The minimum atomic E-state index is -0.488. The number of nitrogens with one attached hydrogen (secondary N) is 1. The molecule has 0 saturated carbocycles. The number of aliphatic hydroxyl groups excluding tert-OH is 1. The van der Waals surface area contributed by atoms with Crippen molar-refractivity contribution in [1.82, 2.24) is 5.32 Å². The summed E-state index contributed by atoms with van der Waals surface area (Å²) in [5.41, 5.74) is 2.44. The lowest BCUT2D eigenvalue weighted by atomic mass is 9.82. The normalized spacial score (nSPS) is 20.5. The van der Waals surface area contributed by atoms with Gasteiger partial charge in [-0.1, -0.05) is 24.3 Å². The Morgan fingerprint density at radius 2 is 2.29 bits per heavy atom. The molecule has 92 valence electrons. The van der Waals surface area contributed by atoms with Gasteiger partial charge >= 0.3 is 0 Å². The number of hydrogen-bond donors (Lipinski definition) is 2. The Kier molecular flexibility index (Phi) is 3.79. The van der Waals surface area contributed by atoms with Crippen LogP contribution in [0.2, 0.25) is 0 Å². The number of aryl methyl sites for hydroxylation is 1. The predicted molar refractivity (Wildman–Crippen MR) is 66.8 cm³/mol. The van der Waals surface area contributed by atoms with Crippen LogP contribution in [0.5, 0.6) is 0 Å². The standard InChI is InChI=1S/C14H19NO2/c1-10(16)9-15-14(17)13-8-4-6-11-5-2-3-7-12(11)13/h2-3,5,7,10,13,16H,4,6,8-9H2,1H3,(H,15,17)/t10-,13?/m0/s1. The zero-order valence-corrected chi connectivity index (χ0v) is 10.1. The molecule has 1 aromatic rings. The zero-order chi connectivity index (χ0) is 12.3. The maximum absolute atomic E-state index is 12.0. The number of benzene rings is 1. The Labute approximate surface area is 102 Å². The largest absolute Gasteiger partial charge is 0.392 e. The molecule has 1 aliphatic carbocycles. The second kappa shape index (κ2) is 5.32. The monoisotopic (exact) mass is 233 g/mol. The van der Waals surface area contributed by atoms with Gasteiger partial charge in [0, 0.05) is 6.54 Å². The first-order chi connectivity index (χ1) is 8.18. The molecule has 0 aliphatic heterocycles. The second-order valence-electron chi connectivity index (χ2n) is 4.74. The number of fused-ring (bicyclic) bond motifs is 1. The summed E-state index contributed by atoms with van der Waals surface area (Å²) in [6, 6.07) is 8.15. The lowest BCUT2D eigenvalue weighted by Gasteiger charge is -2.24. The SMILES string of the molecule is C[C@H](O)CNC(=O)C1CCCc2ccccc21. The van der Waals surface area contributed by atoms with Gasteiger partial charge in [-0.25, -0.2) is 0 Å². The average Bonchev–Trinajstić information content (AvgIpc) is 2.35. The van der Waals surface area contributed by atoms with E-state index in [2.05, 4.69) is 11.4 Å². The van der Waals surface area contributed by atoms with E-state index >= 15 is 0 Å². The highest BCUT2D eigenvalue weighted by molar-refractivity contribution is 5.84. The summed E-state index contributed by atoms with van der Waals surface area (Å²) in [5, 5.41) is 12.0. The summed E-state index contributed by atoms with van der Waals surface area (Å²) >= 11 is 0. The summed E-state index contributed by atoms with van der Waals surface area (Å²) in [4.78, 5) is 12.0.